The van der Waals surface area contributed by atoms with E-state index >= 15 is 0 Å². The second kappa shape index (κ2) is 4.60. The maximum Gasteiger partial charge on any atom is 0.252 e. The molecule has 1 heterocycles. The first-order valence-corrected chi connectivity index (χ1v) is 5.85. The van der Waals surface area contributed by atoms with E-state index in [0.717, 1.165) is 0 Å². The van der Waals surface area contributed by atoms with Crippen LogP contribution in [0.3, 0.4) is 0 Å². The summed E-state index contributed by atoms with van der Waals surface area (Å²) < 4.78 is 11.2. The lowest BCUT2D eigenvalue weighted by Gasteiger charge is -2.23. The van der Waals surface area contributed by atoms with Gasteiger partial charge in [-0.3, -0.25) is 5.32 Å². The van der Waals surface area contributed by atoms with Crippen molar-refractivity contribution >= 4 is 0 Å². The Kier molecular flexibility index (Phi) is 3.42. The number of hydrogen-bond donors (Lipinski definition) is 1. The SMILES string of the molecule is CNC1(OC2CCCCCCC2)CO1. The predicted octanol–water partition coefficient (Wildman–Crippen LogP) is 2.02. The number of ether oxygens (including phenoxy) is 2. The van der Waals surface area contributed by atoms with E-state index in [2.05, 4.69) is 5.32 Å². The van der Waals surface area contributed by atoms with Crippen LogP contribution in [0, 0.1) is 0 Å². The van der Waals surface area contributed by atoms with Crippen molar-refractivity contribution in [1.82, 2.24) is 5.32 Å². The normalized spacial score (nSPS) is 34.9. The van der Waals surface area contributed by atoms with E-state index in [4.69, 9.17) is 9.47 Å². The minimum Gasteiger partial charge on any atom is -0.332 e. The summed E-state index contributed by atoms with van der Waals surface area (Å²) in [6, 6.07) is 0. The molecule has 1 saturated carbocycles. The van der Waals surface area contributed by atoms with Crippen LogP contribution in [-0.2, 0) is 9.47 Å². The third-order valence-electron chi connectivity index (χ3n) is 3.20. The van der Waals surface area contributed by atoms with Gasteiger partial charge in [-0.25, -0.2) is 0 Å². The number of likely N-dealkylation sites (N-methyl/N-ethyl adjacent to an activating group) is 1. The van der Waals surface area contributed by atoms with Gasteiger partial charge in [0.25, 0.3) is 5.91 Å². The molecule has 0 aromatic rings. The van der Waals surface area contributed by atoms with E-state index in [9.17, 15) is 0 Å². The lowest BCUT2D eigenvalue weighted by Crippen LogP contribution is -2.36. The molecule has 0 amide bonds. The molecule has 2 rings (SSSR count). The van der Waals surface area contributed by atoms with Gasteiger partial charge in [-0.15, -0.1) is 0 Å². The fraction of sp³-hybridized carbons (Fsp3) is 1.00. The topological polar surface area (TPSA) is 33.8 Å². The molecular formula is C11H21NO2. The van der Waals surface area contributed by atoms with E-state index in [-0.39, 0.29) is 0 Å². The molecule has 3 nitrogen and oxygen atoms in total. The van der Waals surface area contributed by atoms with Crippen molar-refractivity contribution in [3.8, 4) is 0 Å². The molecule has 14 heavy (non-hydrogen) atoms. The van der Waals surface area contributed by atoms with E-state index in [1.54, 1.807) is 0 Å². The molecule has 1 N–H and O–H groups in total. The highest BCUT2D eigenvalue weighted by atomic mass is 16.8. The van der Waals surface area contributed by atoms with Gasteiger partial charge in [0, 0.05) is 0 Å². The minimum absolute atomic E-state index is 0.408. The van der Waals surface area contributed by atoms with Crippen LogP contribution in [0.5, 0.6) is 0 Å². The van der Waals surface area contributed by atoms with Crippen LogP contribution >= 0.6 is 0 Å². The van der Waals surface area contributed by atoms with E-state index in [1.165, 1.54) is 44.9 Å². The van der Waals surface area contributed by atoms with Gasteiger partial charge in [0.2, 0.25) is 0 Å². The second-order valence-electron chi connectivity index (χ2n) is 4.38. The molecule has 2 aliphatic rings. The van der Waals surface area contributed by atoms with Gasteiger partial charge < -0.3 is 9.47 Å². The summed E-state index contributed by atoms with van der Waals surface area (Å²) in [5.74, 6) is -0.413. The zero-order valence-electron chi connectivity index (χ0n) is 9.05. The molecule has 3 heteroatoms. The summed E-state index contributed by atoms with van der Waals surface area (Å²) in [5.41, 5.74) is 0. The van der Waals surface area contributed by atoms with Gasteiger partial charge in [-0.2, -0.15) is 0 Å². The van der Waals surface area contributed by atoms with Crippen molar-refractivity contribution in [2.24, 2.45) is 0 Å². The van der Waals surface area contributed by atoms with Crippen molar-refractivity contribution in [3.05, 3.63) is 0 Å². The number of hydrogen-bond acceptors (Lipinski definition) is 3. The highest BCUT2D eigenvalue weighted by Crippen LogP contribution is 2.30. The van der Waals surface area contributed by atoms with Crippen LogP contribution in [0.1, 0.15) is 44.9 Å². The van der Waals surface area contributed by atoms with Crippen LogP contribution in [-0.4, -0.2) is 25.7 Å². The maximum absolute atomic E-state index is 5.94. The zero-order valence-corrected chi connectivity index (χ0v) is 9.05. The third-order valence-corrected chi connectivity index (χ3v) is 3.20. The number of rotatable bonds is 3. The first kappa shape index (κ1) is 10.4. The molecular weight excluding hydrogens is 178 g/mol. The Bertz CT molecular complexity index is 172. The van der Waals surface area contributed by atoms with E-state index in [0.29, 0.717) is 12.7 Å². The fourth-order valence-electron chi connectivity index (χ4n) is 2.14. The summed E-state index contributed by atoms with van der Waals surface area (Å²) in [6.45, 7) is 0.708. The quantitative estimate of drug-likeness (QED) is 0.557. The van der Waals surface area contributed by atoms with Gasteiger partial charge in [0.15, 0.2) is 0 Å². The van der Waals surface area contributed by atoms with Crippen molar-refractivity contribution in [2.75, 3.05) is 13.7 Å². The summed E-state index contributed by atoms with van der Waals surface area (Å²) in [4.78, 5) is 0. The van der Waals surface area contributed by atoms with E-state index in [1.807, 2.05) is 7.05 Å². The van der Waals surface area contributed by atoms with Crippen molar-refractivity contribution in [2.45, 2.75) is 57.0 Å². The maximum atomic E-state index is 5.94. The average molecular weight is 199 g/mol. The molecule has 0 aromatic heterocycles. The summed E-state index contributed by atoms with van der Waals surface area (Å²) >= 11 is 0. The molecule has 0 bridgehead atoms. The van der Waals surface area contributed by atoms with Crippen LogP contribution in [0.2, 0.25) is 0 Å². The average Bonchev–Trinajstić information content (AvgIpc) is 2.91. The largest absolute Gasteiger partial charge is 0.332 e. The Labute approximate surface area is 86.2 Å². The van der Waals surface area contributed by atoms with Crippen LogP contribution in [0.15, 0.2) is 0 Å². The van der Waals surface area contributed by atoms with E-state index < -0.39 is 5.91 Å². The van der Waals surface area contributed by atoms with Crippen molar-refractivity contribution in [1.29, 1.82) is 0 Å². The van der Waals surface area contributed by atoms with Crippen LogP contribution < -0.4 is 5.32 Å². The minimum atomic E-state index is -0.413. The van der Waals surface area contributed by atoms with Gasteiger partial charge in [-0.1, -0.05) is 32.1 Å². The molecule has 1 atom stereocenters. The van der Waals surface area contributed by atoms with Crippen LogP contribution in [0.4, 0.5) is 0 Å². The molecule has 82 valence electrons. The molecule has 1 saturated heterocycles. The lowest BCUT2D eigenvalue weighted by molar-refractivity contribution is -0.113. The first-order chi connectivity index (χ1) is 6.85. The Morgan fingerprint density at radius 2 is 1.71 bits per heavy atom. The Hall–Kier alpha value is -0.120. The van der Waals surface area contributed by atoms with Crippen molar-refractivity contribution < 1.29 is 9.47 Å². The number of nitrogens with one attached hydrogen (secondary N) is 1. The lowest BCUT2D eigenvalue weighted by atomic mass is 9.98. The van der Waals surface area contributed by atoms with Crippen molar-refractivity contribution in [3.63, 3.8) is 0 Å². The van der Waals surface area contributed by atoms with Gasteiger partial charge >= 0.3 is 0 Å². The van der Waals surface area contributed by atoms with Crippen LogP contribution in [0.25, 0.3) is 0 Å². The molecule has 1 unspecified atom stereocenters. The standard InChI is InChI=1S/C11H21NO2/c1-12-11(9-13-11)14-10-7-5-3-2-4-6-8-10/h10,12H,2-9H2,1H3. The molecule has 1 aliphatic carbocycles. The molecule has 0 radical (unpaired) electrons. The zero-order chi connectivity index (χ0) is 9.86. The second-order valence-corrected chi connectivity index (χ2v) is 4.38. The Balaban J connectivity index is 1.77. The van der Waals surface area contributed by atoms with Gasteiger partial charge in [-0.05, 0) is 19.9 Å². The third kappa shape index (κ3) is 2.69. The highest BCUT2D eigenvalue weighted by molar-refractivity contribution is 4.79. The number of epoxide rings is 1. The molecule has 1 aliphatic heterocycles. The monoisotopic (exact) mass is 199 g/mol. The highest BCUT2D eigenvalue weighted by Gasteiger charge is 2.46. The molecule has 2 fully saturated rings. The molecule has 0 aromatic carbocycles. The van der Waals surface area contributed by atoms with Gasteiger partial charge in [0.05, 0.1) is 6.10 Å². The predicted molar refractivity (Wildman–Crippen MR) is 54.9 cm³/mol. The van der Waals surface area contributed by atoms with Gasteiger partial charge in [0.1, 0.15) is 6.61 Å². The smallest absolute Gasteiger partial charge is 0.252 e. The Morgan fingerprint density at radius 3 is 2.21 bits per heavy atom. The summed E-state index contributed by atoms with van der Waals surface area (Å²) in [7, 11) is 1.90. The molecule has 0 spiro atoms. The fourth-order valence-corrected chi connectivity index (χ4v) is 2.14. The first-order valence-electron chi connectivity index (χ1n) is 5.85. The summed E-state index contributed by atoms with van der Waals surface area (Å²) in [6.07, 6.45) is 9.57. The Morgan fingerprint density at radius 1 is 1.14 bits per heavy atom. The summed E-state index contributed by atoms with van der Waals surface area (Å²) in [5, 5.41) is 3.09.